The first-order chi connectivity index (χ1) is 6.97. The van der Waals surface area contributed by atoms with Crippen LogP contribution in [-0.4, -0.2) is 43.6 Å². The Kier molecular flexibility index (Phi) is 6.49. The van der Waals surface area contributed by atoms with Crippen LogP contribution in [0.3, 0.4) is 0 Å². The molecule has 5 nitrogen and oxygen atoms in total. The molecule has 0 aliphatic heterocycles. The largest absolute Gasteiger partial charge is 0.453 e. The Hall–Kier alpha value is -1.26. The number of carbonyl (C=O) groups is 2. The zero-order valence-corrected chi connectivity index (χ0v) is 9.87. The third kappa shape index (κ3) is 6.76. The van der Waals surface area contributed by atoms with E-state index in [0.717, 1.165) is 0 Å². The van der Waals surface area contributed by atoms with E-state index >= 15 is 0 Å². The summed E-state index contributed by atoms with van der Waals surface area (Å²) >= 11 is 0. The van der Waals surface area contributed by atoms with Crippen LogP contribution in [0.1, 0.15) is 20.8 Å². The Morgan fingerprint density at radius 1 is 1.40 bits per heavy atom. The lowest BCUT2D eigenvalue weighted by atomic mass is 10.2. The van der Waals surface area contributed by atoms with Gasteiger partial charge in [0.2, 0.25) is 5.91 Å². The summed E-state index contributed by atoms with van der Waals surface area (Å²) < 4.78 is 4.42. The maximum absolute atomic E-state index is 11.2. The minimum atomic E-state index is -0.469. The second-order valence-electron chi connectivity index (χ2n) is 3.78. The van der Waals surface area contributed by atoms with Crippen LogP contribution in [0.25, 0.3) is 0 Å². The van der Waals surface area contributed by atoms with E-state index in [-0.39, 0.29) is 5.91 Å². The molecule has 2 amide bonds. The molecule has 0 aromatic carbocycles. The van der Waals surface area contributed by atoms with Gasteiger partial charge >= 0.3 is 6.09 Å². The van der Waals surface area contributed by atoms with Gasteiger partial charge in [-0.25, -0.2) is 4.79 Å². The van der Waals surface area contributed by atoms with Gasteiger partial charge in [0.25, 0.3) is 0 Å². The topological polar surface area (TPSA) is 58.6 Å². The van der Waals surface area contributed by atoms with Crippen LogP contribution in [0, 0.1) is 5.92 Å². The van der Waals surface area contributed by atoms with Crippen molar-refractivity contribution in [2.75, 3.05) is 26.7 Å². The van der Waals surface area contributed by atoms with Gasteiger partial charge in [0.1, 0.15) is 0 Å². The van der Waals surface area contributed by atoms with Crippen LogP contribution in [0.5, 0.6) is 0 Å². The molecule has 0 radical (unpaired) electrons. The van der Waals surface area contributed by atoms with Crippen molar-refractivity contribution >= 4 is 12.0 Å². The lowest BCUT2D eigenvalue weighted by Gasteiger charge is -2.22. The van der Waals surface area contributed by atoms with Crippen molar-refractivity contribution in [2.24, 2.45) is 5.92 Å². The number of nitrogens with zero attached hydrogens (tertiary/aromatic N) is 1. The van der Waals surface area contributed by atoms with Gasteiger partial charge in [-0.05, 0) is 5.92 Å². The van der Waals surface area contributed by atoms with Crippen LogP contribution in [0.15, 0.2) is 0 Å². The molecular weight excluding hydrogens is 196 g/mol. The van der Waals surface area contributed by atoms with Crippen molar-refractivity contribution in [1.82, 2.24) is 10.2 Å². The molecule has 0 saturated heterocycles. The van der Waals surface area contributed by atoms with Crippen molar-refractivity contribution in [3.63, 3.8) is 0 Å². The molecule has 0 aromatic rings. The molecule has 15 heavy (non-hydrogen) atoms. The quantitative estimate of drug-likeness (QED) is 0.741. The molecule has 0 fully saturated rings. The molecule has 1 N–H and O–H groups in total. The van der Waals surface area contributed by atoms with Crippen molar-refractivity contribution in [3.8, 4) is 0 Å². The summed E-state index contributed by atoms with van der Waals surface area (Å²) in [5, 5.41) is 2.54. The number of rotatable bonds is 5. The Balaban J connectivity index is 3.86. The summed E-state index contributed by atoms with van der Waals surface area (Å²) in [5.74, 6) is 0.447. The summed E-state index contributed by atoms with van der Waals surface area (Å²) in [6.07, 6.45) is -0.469. The predicted octanol–water partition coefficient (Wildman–Crippen LogP) is 0.847. The standard InChI is InChI=1S/C10H20N2O3/c1-8(2)7-12(9(3)13)6-5-11-10(14)15-4/h8H,5-7H2,1-4H3,(H,11,14). The fraction of sp³-hybridized carbons (Fsp3) is 0.800. The Morgan fingerprint density at radius 3 is 2.40 bits per heavy atom. The average Bonchev–Trinajstić information content (AvgIpc) is 2.15. The number of ether oxygens (including phenoxy) is 1. The van der Waals surface area contributed by atoms with E-state index < -0.39 is 6.09 Å². The van der Waals surface area contributed by atoms with Crippen LogP contribution >= 0.6 is 0 Å². The highest BCUT2D eigenvalue weighted by atomic mass is 16.5. The van der Waals surface area contributed by atoms with E-state index in [4.69, 9.17) is 0 Å². The van der Waals surface area contributed by atoms with Gasteiger partial charge in [-0.1, -0.05) is 13.8 Å². The molecule has 0 aromatic heterocycles. The van der Waals surface area contributed by atoms with Crippen LogP contribution < -0.4 is 5.32 Å². The number of alkyl carbamates (subject to hydrolysis) is 1. The van der Waals surface area contributed by atoms with E-state index in [9.17, 15) is 9.59 Å². The zero-order valence-electron chi connectivity index (χ0n) is 9.87. The predicted molar refractivity (Wildman–Crippen MR) is 57.5 cm³/mol. The summed E-state index contributed by atoms with van der Waals surface area (Å²) in [7, 11) is 1.31. The first-order valence-electron chi connectivity index (χ1n) is 5.04. The molecule has 0 atom stereocenters. The van der Waals surface area contributed by atoms with E-state index in [1.807, 2.05) is 13.8 Å². The van der Waals surface area contributed by atoms with Crippen LogP contribution in [-0.2, 0) is 9.53 Å². The van der Waals surface area contributed by atoms with Crippen molar-refractivity contribution in [1.29, 1.82) is 0 Å². The average molecular weight is 216 g/mol. The SMILES string of the molecule is COC(=O)NCCN(CC(C)C)C(C)=O. The molecule has 0 saturated carbocycles. The lowest BCUT2D eigenvalue weighted by Crippen LogP contribution is -2.39. The number of amides is 2. The molecular formula is C10H20N2O3. The summed E-state index contributed by atoms with van der Waals surface area (Å²) in [4.78, 5) is 23.7. The number of hydrogen-bond acceptors (Lipinski definition) is 3. The fourth-order valence-electron chi connectivity index (χ4n) is 1.18. The van der Waals surface area contributed by atoms with Crippen molar-refractivity contribution < 1.29 is 14.3 Å². The first-order valence-corrected chi connectivity index (χ1v) is 5.04. The van der Waals surface area contributed by atoms with Gasteiger partial charge in [-0.15, -0.1) is 0 Å². The molecule has 0 aliphatic carbocycles. The molecule has 0 heterocycles. The third-order valence-electron chi connectivity index (χ3n) is 1.87. The fourth-order valence-corrected chi connectivity index (χ4v) is 1.18. The number of carbonyl (C=O) groups excluding carboxylic acids is 2. The monoisotopic (exact) mass is 216 g/mol. The van der Waals surface area contributed by atoms with Crippen LogP contribution in [0.4, 0.5) is 4.79 Å². The minimum Gasteiger partial charge on any atom is -0.453 e. The highest BCUT2D eigenvalue weighted by molar-refractivity contribution is 5.73. The second-order valence-corrected chi connectivity index (χ2v) is 3.78. The van der Waals surface area contributed by atoms with Gasteiger partial charge in [0.05, 0.1) is 7.11 Å². The summed E-state index contributed by atoms with van der Waals surface area (Å²) in [6.45, 7) is 7.26. The maximum atomic E-state index is 11.2. The molecule has 0 unspecified atom stereocenters. The smallest absolute Gasteiger partial charge is 0.406 e. The van der Waals surface area contributed by atoms with Gasteiger partial charge in [0.15, 0.2) is 0 Å². The van der Waals surface area contributed by atoms with Crippen molar-refractivity contribution in [2.45, 2.75) is 20.8 Å². The molecule has 0 rings (SSSR count). The van der Waals surface area contributed by atoms with Gasteiger partial charge < -0.3 is 15.0 Å². The number of methoxy groups -OCH3 is 1. The minimum absolute atomic E-state index is 0.0235. The summed E-state index contributed by atoms with van der Waals surface area (Å²) in [6, 6.07) is 0. The Bertz CT molecular complexity index is 217. The normalized spacial score (nSPS) is 9.93. The zero-order chi connectivity index (χ0) is 11.8. The summed E-state index contributed by atoms with van der Waals surface area (Å²) in [5.41, 5.74) is 0. The molecule has 88 valence electrons. The second kappa shape index (κ2) is 7.09. The van der Waals surface area contributed by atoms with Crippen molar-refractivity contribution in [3.05, 3.63) is 0 Å². The van der Waals surface area contributed by atoms with Gasteiger partial charge in [-0.3, -0.25) is 4.79 Å². The molecule has 0 spiro atoms. The molecule has 5 heteroatoms. The number of hydrogen-bond donors (Lipinski definition) is 1. The molecule has 0 aliphatic rings. The van der Waals surface area contributed by atoms with E-state index in [1.165, 1.54) is 14.0 Å². The van der Waals surface area contributed by atoms with Crippen LogP contribution in [0.2, 0.25) is 0 Å². The maximum Gasteiger partial charge on any atom is 0.406 e. The van der Waals surface area contributed by atoms with Gasteiger partial charge in [0, 0.05) is 26.6 Å². The Morgan fingerprint density at radius 2 is 2.00 bits per heavy atom. The highest BCUT2D eigenvalue weighted by Crippen LogP contribution is 1.98. The third-order valence-corrected chi connectivity index (χ3v) is 1.87. The number of nitrogens with one attached hydrogen (secondary N) is 1. The lowest BCUT2D eigenvalue weighted by molar-refractivity contribution is -0.129. The van der Waals surface area contributed by atoms with E-state index in [0.29, 0.717) is 25.6 Å². The highest BCUT2D eigenvalue weighted by Gasteiger charge is 2.10. The first kappa shape index (κ1) is 13.7. The molecule has 0 bridgehead atoms. The van der Waals surface area contributed by atoms with E-state index in [1.54, 1.807) is 4.90 Å². The van der Waals surface area contributed by atoms with Gasteiger partial charge in [-0.2, -0.15) is 0 Å². The van der Waals surface area contributed by atoms with E-state index in [2.05, 4.69) is 10.1 Å². The Labute approximate surface area is 90.8 Å².